The number of hydrogen-bond acceptors (Lipinski definition) is 0. The number of rotatable bonds is 2. The zero-order chi connectivity index (χ0) is 13.5. The van der Waals surface area contributed by atoms with Crippen LogP contribution >= 0.6 is 23.2 Å². The Morgan fingerprint density at radius 1 is 0.765 bits per heavy atom. The van der Waals surface area contributed by atoms with Gasteiger partial charge in [-0.2, -0.15) is 8.78 Å². The van der Waals surface area contributed by atoms with Gasteiger partial charge < -0.3 is 0 Å². The van der Waals surface area contributed by atoms with E-state index < -0.39 is 45.4 Å². The van der Waals surface area contributed by atoms with Crippen LogP contribution in [0.15, 0.2) is 0 Å². The molecule has 0 heterocycles. The second kappa shape index (κ2) is 4.53. The minimum Gasteiger partial charge on any atom is -0.203 e. The van der Waals surface area contributed by atoms with Gasteiger partial charge in [-0.15, -0.1) is 11.6 Å². The molecule has 0 nitrogen and oxygen atoms in total. The van der Waals surface area contributed by atoms with E-state index in [1.165, 1.54) is 0 Å². The molecule has 0 bridgehead atoms. The molecular weight excluding hydrogens is 300 g/mol. The van der Waals surface area contributed by atoms with Gasteiger partial charge in [-0.1, -0.05) is 0 Å². The van der Waals surface area contributed by atoms with Crippen LogP contribution in [0.1, 0.15) is 10.9 Å². The Bertz CT molecular complexity index is 425. The maximum atomic E-state index is 13.0. The van der Waals surface area contributed by atoms with Crippen LogP contribution in [0.25, 0.3) is 0 Å². The molecule has 0 N–H and O–H groups in total. The zero-order valence-electron chi connectivity index (χ0n) is 7.48. The summed E-state index contributed by atoms with van der Waals surface area (Å²) < 4.78 is 88.8. The summed E-state index contributed by atoms with van der Waals surface area (Å²) in [5.41, 5.74) is -1.87. The topological polar surface area (TPSA) is 0 Å². The molecule has 0 spiro atoms. The van der Waals surface area contributed by atoms with E-state index in [0.29, 0.717) is 0 Å². The molecule has 0 aliphatic rings. The summed E-state index contributed by atoms with van der Waals surface area (Å²) in [6, 6.07) is 0. The van der Waals surface area contributed by atoms with Gasteiger partial charge in [0, 0.05) is 0 Å². The fourth-order valence-electron chi connectivity index (χ4n) is 1.01. The molecule has 0 saturated heterocycles. The molecular formula is C8HCl2F7. The Kier molecular flexibility index (Phi) is 3.83. The Morgan fingerprint density at radius 3 is 1.35 bits per heavy atom. The summed E-state index contributed by atoms with van der Waals surface area (Å²) >= 11 is 9.24. The first kappa shape index (κ1) is 14.4. The third-order valence-electron chi connectivity index (χ3n) is 1.78. The molecule has 96 valence electrons. The van der Waals surface area contributed by atoms with Gasteiger partial charge >= 0.3 is 5.38 Å². The van der Waals surface area contributed by atoms with Crippen molar-refractivity contribution < 1.29 is 30.7 Å². The quantitative estimate of drug-likeness (QED) is 0.327. The van der Waals surface area contributed by atoms with E-state index in [9.17, 15) is 30.7 Å². The molecule has 1 aromatic rings. The van der Waals surface area contributed by atoms with Gasteiger partial charge in [-0.25, -0.2) is 22.0 Å². The lowest BCUT2D eigenvalue weighted by molar-refractivity contribution is 0.0877. The molecule has 1 atom stereocenters. The van der Waals surface area contributed by atoms with Crippen molar-refractivity contribution >= 4 is 23.2 Å². The minimum atomic E-state index is -4.38. The Morgan fingerprint density at radius 2 is 1.06 bits per heavy atom. The van der Waals surface area contributed by atoms with Gasteiger partial charge in [0.2, 0.25) is 5.82 Å². The molecule has 9 heteroatoms. The predicted molar refractivity (Wildman–Crippen MR) is 45.6 cm³/mol. The second-order valence-corrected chi connectivity index (χ2v) is 3.83. The van der Waals surface area contributed by atoms with E-state index in [1.807, 2.05) is 0 Å². The Labute approximate surface area is 99.9 Å². The van der Waals surface area contributed by atoms with Crippen LogP contribution in [-0.2, 0) is 0 Å². The van der Waals surface area contributed by atoms with Crippen molar-refractivity contribution in [1.29, 1.82) is 0 Å². The lowest BCUT2D eigenvalue weighted by Gasteiger charge is -2.17. The predicted octanol–water partition coefficient (Wildman–Crippen LogP) is 4.49. The van der Waals surface area contributed by atoms with E-state index in [2.05, 4.69) is 11.6 Å². The standard InChI is InChI=1S/C8HCl2F7/c9-7(8(10,16)17)1-2(11)4(13)6(15)5(14)3(1)12/h7H. The molecule has 0 amide bonds. The lowest BCUT2D eigenvalue weighted by atomic mass is 10.1. The van der Waals surface area contributed by atoms with Crippen molar-refractivity contribution in [3.8, 4) is 0 Å². The van der Waals surface area contributed by atoms with Crippen LogP contribution in [0.4, 0.5) is 30.7 Å². The summed E-state index contributed by atoms with van der Waals surface area (Å²) in [5.74, 6) is -12.1. The summed E-state index contributed by atoms with van der Waals surface area (Å²) in [5, 5.41) is -7.27. The van der Waals surface area contributed by atoms with Gasteiger partial charge in [0.05, 0.1) is 5.56 Å². The Balaban J connectivity index is 3.55. The van der Waals surface area contributed by atoms with Gasteiger partial charge in [0.1, 0.15) is 5.38 Å². The molecule has 0 aliphatic heterocycles. The molecule has 1 rings (SSSR count). The van der Waals surface area contributed by atoms with E-state index in [1.54, 1.807) is 0 Å². The molecule has 0 aliphatic carbocycles. The van der Waals surface area contributed by atoms with Gasteiger partial charge in [-0.05, 0) is 11.6 Å². The lowest BCUT2D eigenvalue weighted by Crippen LogP contribution is -2.19. The largest absolute Gasteiger partial charge is 0.342 e. The number of benzene rings is 1. The summed E-state index contributed by atoms with van der Waals surface area (Å²) in [6.07, 6.45) is 0. The fourth-order valence-corrected chi connectivity index (χ4v) is 1.31. The smallest absolute Gasteiger partial charge is 0.203 e. The van der Waals surface area contributed by atoms with Crippen LogP contribution < -0.4 is 0 Å². The first-order chi connectivity index (χ1) is 7.59. The van der Waals surface area contributed by atoms with E-state index >= 15 is 0 Å². The van der Waals surface area contributed by atoms with E-state index in [0.717, 1.165) is 0 Å². The second-order valence-electron chi connectivity index (χ2n) is 2.89. The summed E-state index contributed by atoms with van der Waals surface area (Å²) in [4.78, 5) is 0. The number of alkyl halides is 4. The van der Waals surface area contributed by atoms with Crippen molar-refractivity contribution in [2.24, 2.45) is 0 Å². The monoisotopic (exact) mass is 300 g/mol. The van der Waals surface area contributed by atoms with Gasteiger partial charge in [0.25, 0.3) is 0 Å². The van der Waals surface area contributed by atoms with Crippen LogP contribution in [0.3, 0.4) is 0 Å². The van der Waals surface area contributed by atoms with Crippen molar-refractivity contribution in [3.63, 3.8) is 0 Å². The minimum absolute atomic E-state index is 1.87. The Hall–Kier alpha value is -0.690. The third-order valence-corrected chi connectivity index (χ3v) is 2.61. The van der Waals surface area contributed by atoms with Crippen molar-refractivity contribution in [2.75, 3.05) is 0 Å². The maximum Gasteiger partial charge on any atom is 0.342 e. The van der Waals surface area contributed by atoms with Crippen molar-refractivity contribution in [3.05, 3.63) is 34.6 Å². The summed E-state index contributed by atoms with van der Waals surface area (Å²) in [7, 11) is 0. The first-order valence-electron chi connectivity index (χ1n) is 3.81. The van der Waals surface area contributed by atoms with Crippen LogP contribution in [-0.4, -0.2) is 5.38 Å². The number of halogens is 9. The van der Waals surface area contributed by atoms with Gasteiger partial charge in [0.15, 0.2) is 23.3 Å². The molecule has 0 radical (unpaired) electrons. The zero-order valence-corrected chi connectivity index (χ0v) is 8.99. The highest BCUT2D eigenvalue weighted by Crippen LogP contribution is 2.43. The molecule has 1 aromatic carbocycles. The first-order valence-corrected chi connectivity index (χ1v) is 4.62. The highest BCUT2D eigenvalue weighted by molar-refractivity contribution is 6.30. The fraction of sp³-hybridized carbons (Fsp3) is 0.250. The highest BCUT2D eigenvalue weighted by atomic mass is 35.5. The normalized spacial score (nSPS) is 13.9. The molecule has 0 fully saturated rings. The number of hydrogen-bond donors (Lipinski definition) is 0. The molecule has 17 heavy (non-hydrogen) atoms. The van der Waals surface area contributed by atoms with Crippen LogP contribution in [0.2, 0.25) is 0 Å². The van der Waals surface area contributed by atoms with Crippen LogP contribution in [0, 0.1) is 29.1 Å². The molecule has 0 saturated carbocycles. The average Bonchev–Trinajstić information content (AvgIpc) is 2.22. The average molecular weight is 301 g/mol. The molecule has 0 aromatic heterocycles. The highest BCUT2D eigenvalue weighted by Gasteiger charge is 2.42. The summed E-state index contributed by atoms with van der Waals surface area (Å²) in [6.45, 7) is 0. The van der Waals surface area contributed by atoms with Crippen LogP contribution in [0.5, 0.6) is 0 Å². The van der Waals surface area contributed by atoms with Crippen molar-refractivity contribution in [1.82, 2.24) is 0 Å². The van der Waals surface area contributed by atoms with Gasteiger partial charge in [-0.3, -0.25) is 0 Å². The third kappa shape index (κ3) is 2.44. The molecule has 1 unspecified atom stereocenters. The SMILES string of the molecule is Fc1c(F)c(F)c(C(Cl)C(F)(F)Cl)c(F)c1F. The maximum absolute atomic E-state index is 13.0. The van der Waals surface area contributed by atoms with Crippen molar-refractivity contribution in [2.45, 2.75) is 10.8 Å². The van der Waals surface area contributed by atoms with E-state index in [-0.39, 0.29) is 0 Å². The van der Waals surface area contributed by atoms with E-state index in [4.69, 9.17) is 11.6 Å².